The Morgan fingerprint density at radius 2 is 0.923 bits per heavy atom. The van der Waals surface area contributed by atoms with Crippen molar-refractivity contribution in [2.45, 2.75) is 58.3 Å². The second kappa shape index (κ2) is 24.7. The molecule has 0 atom stereocenters. The molecule has 0 aliphatic heterocycles. The Bertz CT molecular complexity index is 311. The van der Waals surface area contributed by atoms with Crippen LogP contribution in [0.4, 0.5) is 0 Å². The van der Waals surface area contributed by atoms with Gasteiger partial charge in [0.15, 0.2) is 0 Å². The maximum atomic E-state index is 8.74. The third kappa shape index (κ3) is 43.8. The molecule has 26 heavy (non-hydrogen) atoms. The topological polar surface area (TPSA) is 159 Å². The highest BCUT2D eigenvalue weighted by Gasteiger charge is 2.00. The number of nitrogens with zero attached hydrogens (tertiary/aromatic N) is 1. The first-order chi connectivity index (χ1) is 12.3. The molecule has 0 aliphatic rings. The summed E-state index contributed by atoms with van der Waals surface area (Å²) in [5.41, 5.74) is 0. The van der Waals surface area contributed by atoms with Crippen LogP contribution in [-0.2, 0) is 10.4 Å². The molecule has 0 aliphatic carbocycles. The van der Waals surface area contributed by atoms with E-state index >= 15 is 0 Å². The highest BCUT2D eigenvalue weighted by Crippen LogP contribution is 2.07. The predicted molar refractivity (Wildman–Crippen MR) is 102 cm³/mol. The SMILES string of the molecule is CCCCCCCCCCO.O=S(=O)(O)O.OCCN(CCO)CCO. The lowest BCUT2D eigenvalue weighted by Gasteiger charge is -2.17. The van der Waals surface area contributed by atoms with E-state index in [0.717, 1.165) is 6.42 Å². The van der Waals surface area contributed by atoms with Gasteiger partial charge in [-0.25, -0.2) is 0 Å². The molecular weight excluding hydrogens is 366 g/mol. The van der Waals surface area contributed by atoms with Gasteiger partial charge in [0, 0.05) is 26.2 Å². The number of hydrogen-bond donors (Lipinski definition) is 6. The Hall–Kier alpha value is -0.330. The summed E-state index contributed by atoms with van der Waals surface area (Å²) < 4.78 is 31.6. The van der Waals surface area contributed by atoms with Crippen molar-refractivity contribution < 1.29 is 37.9 Å². The average molecular weight is 406 g/mol. The zero-order chi connectivity index (χ0) is 20.7. The molecule has 0 saturated heterocycles. The smallest absolute Gasteiger partial charge is 0.394 e. The van der Waals surface area contributed by atoms with Crippen molar-refractivity contribution in [3.63, 3.8) is 0 Å². The minimum Gasteiger partial charge on any atom is -0.396 e. The second-order valence-corrected chi connectivity index (χ2v) is 6.55. The molecule has 0 bridgehead atoms. The number of hydrogen-bond acceptors (Lipinski definition) is 7. The van der Waals surface area contributed by atoms with E-state index in [1.807, 2.05) is 0 Å². The van der Waals surface area contributed by atoms with Gasteiger partial charge in [-0.3, -0.25) is 14.0 Å². The lowest BCUT2D eigenvalue weighted by Crippen LogP contribution is -2.32. The van der Waals surface area contributed by atoms with E-state index in [9.17, 15) is 0 Å². The largest absolute Gasteiger partial charge is 0.396 e. The first kappa shape index (κ1) is 30.4. The molecule has 0 saturated carbocycles. The normalized spacial score (nSPS) is 10.8. The first-order valence-corrected chi connectivity index (χ1v) is 10.5. The summed E-state index contributed by atoms with van der Waals surface area (Å²) in [4.78, 5) is 1.79. The Kier molecular flexibility index (Phi) is 28.8. The van der Waals surface area contributed by atoms with Gasteiger partial charge < -0.3 is 20.4 Å². The first-order valence-electron chi connectivity index (χ1n) is 9.12. The van der Waals surface area contributed by atoms with Crippen LogP contribution in [0.25, 0.3) is 0 Å². The zero-order valence-corrected chi connectivity index (χ0v) is 16.8. The van der Waals surface area contributed by atoms with Gasteiger partial charge in [-0.05, 0) is 6.42 Å². The fraction of sp³-hybridized carbons (Fsp3) is 1.00. The molecule has 0 aromatic rings. The van der Waals surface area contributed by atoms with Crippen molar-refractivity contribution in [3.8, 4) is 0 Å². The van der Waals surface area contributed by atoms with Gasteiger partial charge >= 0.3 is 10.4 Å². The van der Waals surface area contributed by atoms with E-state index in [0.29, 0.717) is 26.2 Å². The maximum Gasteiger partial charge on any atom is 0.394 e. The zero-order valence-electron chi connectivity index (χ0n) is 16.0. The van der Waals surface area contributed by atoms with Crippen LogP contribution in [-0.4, -0.2) is 88.9 Å². The molecule has 0 amide bonds. The summed E-state index contributed by atoms with van der Waals surface area (Å²) in [7, 11) is -4.67. The lowest BCUT2D eigenvalue weighted by atomic mass is 10.1. The van der Waals surface area contributed by atoms with Crippen molar-refractivity contribution >= 4 is 10.4 Å². The third-order valence-electron chi connectivity index (χ3n) is 3.26. The van der Waals surface area contributed by atoms with E-state index in [4.69, 9.17) is 37.9 Å². The van der Waals surface area contributed by atoms with E-state index in [1.54, 1.807) is 4.90 Å². The van der Waals surface area contributed by atoms with Crippen LogP contribution >= 0.6 is 0 Å². The molecule has 0 unspecified atom stereocenters. The summed E-state index contributed by atoms with van der Waals surface area (Å²) in [6.07, 6.45) is 10.4. The Morgan fingerprint density at radius 1 is 0.615 bits per heavy atom. The Morgan fingerprint density at radius 3 is 1.19 bits per heavy atom. The molecule has 6 N–H and O–H groups in total. The van der Waals surface area contributed by atoms with Crippen molar-refractivity contribution in [1.29, 1.82) is 0 Å². The van der Waals surface area contributed by atoms with Crippen LogP contribution in [0, 0.1) is 0 Å². The van der Waals surface area contributed by atoms with Crippen LogP contribution in [0.1, 0.15) is 58.3 Å². The standard InChI is InChI=1S/C10H22O.C6H15NO3.H2O4S/c1-2-3-4-5-6-7-8-9-10-11;8-4-1-7(2-5-9)3-6-10;1-5(2,3)4/h11H,2-10H2,1H3;8-10H,1-6H2;(H2,1,2,3,4). The van der Waals surface area contributed by atoms with Crippen molar-refractivity contribution in [3.05, 3.63) is 0 Å². The highest BCUT2D eigenvalue weighted by atomic mass is 32.3. The molecule has 0 radical (unpaired) electrons. The molecule has 0 heterocycles. The number of aliphatic hydroxyl groups is 4. The fourth-order valence-electron chi connectivity index (χ4n) is 2.01. The van der Waals surface area contributed by atoms with Gasteiger partial charge in [0.25, 0.3) is 0 Å². The minimum absolute atomic E-state index is 0.0694. The molecular formula is C16H39NO8S. The quantitative estimate of drug-likeness (QED) is 0.181. The Labute approximate surface area is 158 Å². The predicted octanol–water partition coefficient (Wildman–Crippen LogP) is 0.732. The molecule has 162 valence electrons. The van der Waals surface area contributed by atoms with Crippen LogP contribution < -0.4 is 0 Å². The second-order valence-electron chi connectivity index (χ2n) is 5.66. The fourth-order valence-corrected chi connectivity index (χ4v) is 2.01. The van der Waals surface area contributed by atoms with E-state index in [1.165, 1.54) is 44.9 Å². The molecule has 0 fully saturated rings. The highest BCUT2D eigenvalue weighted by molar-refractivity contribution is 7.79. The van der Waals surface area contributed by atoms with Gasteiger partial charge in [0.05, 0.1) is 19.8 Å². The summed E-state index contributed by atoms with van der Waals surface area (Å²) in [6.45, 7) is 4.37. The van der Waals surface area contributed by atoms with Gasteiger partial charge in [-0.2, -0.15) is 8.42 Å². The molecule has 0 aromatic carbocycles. The molecule has 0 spiro atoms. The van der Waals surface area contributed by atoms with E-state index in [-0.39, 0.29) is 19.8 Å². The lowest BCUT2D eigenvalue weighted by molar-refractivity contribution is 0.136. The summed E-state index contributed by atoms with van der Waals surface area (Å²) in [5, 5.41) is 34.0. The van der Waals surface area contributed by atoms with E-state index < -0.39 is 10.4 Å². The molecule has 0 aromatic heterocycles. The summed E-state index contributed by atoms with van der Waals surface area (Å²) in [6, 6.07) is 0. The van der Waals surface area contributed by atoms with Crippen molar-refractivity contribution in [1.82, 2.24) is 4.90 Å². The van der Waals surface area contributed by atoms with Crippen LogP contribution in [0.15, 0.2) is 0 Å². The number of rotatable bonds is 14. The van der Waals surface area contributed by atoms with Gasteiger partial charge in [-0.1, -0.05) is 51.9 Å². The van der Waals surface area contributed by atoms with Crippen molar-refractivity contribution in [2.75, 3.05) is 46.1 Å². The monoisotopic (exact) mass is 405 g/mol. The van der Waals surface area contributed by atoms with Crippen molar-refractivity contribution in [2.24, 2.45) is 0 Å². The van der Waals surface area contributed by atoms with Gasteiger partial charge in [0.1, 0.15) is 0 Å². The molecule has 10 heteroatoms. The van der Waals surface area contributed by atoms with Gasteiger partial charge in [-0.15, -0.1) is 0 Å². The maximum absolute atomic E-state index is 8.74. The summed E-state index contributed by atoms with van der Waals surface area (Å²) in [5.74, 6) is 0. The van der Waals surface area contributed by atoms with Crippen LogP contribution in [0.5, 0.6) is 0 Å². The molecule has 0 rings (SSSR count). The van der Waals surface area contributed by atoms with Crippen LogP contribution in [0.2, 0.25) is 0 Å². The number of unbranched alkanes of at least 4 members (excludes halogenated alkanes) is 7. The summed E-state index contributed by atoms with van der Waals surface area (Å²) >= 11 is 0. The minimum atomic E-state index is -4.67. The number of aliphatic hydroxyl groups excluding tert-OH is 4. The third-order valence-corrected chi connectivity index (χ3v) is 3.26. The van der Waals surface area contributed by atoms with Gasteiger partial charge in [0.2, 0.25) is 0 Å². The molecule has 9 nitrogen and oxygen atoms in total. The van der Waals surface area contributed by atoms with Crippen LogP contribution in [0.3, 0.4) is 0 Å². The Balaban J connectivity index is -0.000000327. The van der Waals surface area contributed by atoms with E-state index in [2.05, 4.69) is 6.92 Å². The average Bonchev–Trinajstić information content (AvgIpc) is 2.54.